The number of rotatable bonds is 4. The van der Waals surface area contributed by atoms with Crippen LogP contribution in [0.1, 0.15) is 17.3 Å². The number of anilines is 1. The lowest BCUT2D eigenvalue weighted by molar-refractivity contribution is 0.102. The van der Waals surface area contributed by atoms with Crippen molar-refractivity contribution >= 4 is 66.3 Å². The molecule has 1 amide bonds. The standard InChI is InChI=1S/C20H14Cl2N2O2S/c1-2-26-14-8-7-12(16-11-5-3-4-6-15(11)27-18(14)16)20(25)24-13-9-10-23-19(22)17(13)21/h3-10H,2H2,1H3,(H,23,24,25). The Morgan fingerprint density at radius 3 is 2.81 bits per heavy atom. The van der Waals surface area contributed by atoms with E-state index in [1.54, 1.807) is 23.5 Å². The first-order valence-electron chi connectivity index (χ1n) is 8.28. The van der Waals surface area contributed by atoms with Gasteiger partial charge >= 0.3 is 0 Å². The second-order valence-electron chi connectivity index (χ2n) is 5.76. The van der Waals surface area contributed by atoms with Crippen molar-refractivity contribution in [3.05, 3.63) is 64.4 Å². The molecule has 0 aliphatic carbocycles. The van der Waals surface area contributed by atoms with Gasteiger partial charge in [-0.25, -0.2) is 4.98 Å². The number of thiophene rings is 1. The SMILES string of the molecule is CCOc1ccc(C(=O)Nc2ccnc(Cl)c2Cl)c2c1sc1ccccc12. The fraction of sp³-hybridized carbons (Fsp3) is 0.100. The maximum absolute atomic E-state index is 13.0. The predicted molar refractivity (Wildman–Crippen MR) is 113 cm³/mol. The number of aromatic nitrogens is 1. The highest BCUT2D eigenvalue weighted by Crippen LogP contribution is 2.41. The van der Waals surface area contributed by atoms with Crippen LogP contribution in [0.15, 0.2) is 48.7 Å². The summed E-state index contributed by atoms with van der Waals surface area (Å²) in [5, 5.41) is 5.08. The van der Waals surface area contributed by atoms with E-state index in [0.717, 1.165) is 25.9 Å². The number of amides is 1. The van der Waals surface area contributed by atoms with Gasteiger partial charge in [-0.2, -0.15) is 0 Å². The summed E-state index contributed by atoms with van der Waals surface area (Å²) in [4.78, 5) is 16.9. The minimum absolute atomic E-state index is 0.146. The van der Waals surface area contributed by atoms with E-state index >= 15 is 0 Å². The average Bonchev–Trinajstić information content (AvgIpc) is 3.06. The molecule has 27 heavy (non-hydrogen) atoms. The number of ether oxygens (including phenoxy) is 1. The molecular weight excluding hydrogens is 403 g/mol. The highest BCUT2D eigenvalue weighted by atomic mass is 35.5. The third kappa shape index (κ3) is 3.23. The Kier molecular flexibility index (Phi) is 4.91. The zero-order valence-corrected chi connectivity index (χ0v) is 16.6. The molecule has 4 aromatic rings. The van der Waals surface area contributed by atoms with E-state index in [0.29, 0.717) is 17.9 Å². The van der Waals surface area contributed by atoms with Gasteiger partial charge in [-0.3, -0.25) is 4.79 Å². The molecule has 2 aromatic carbocycles. The molecule has 0 radical (unpaired) electrons. The van der Waals surface area contributed by atoms with Gasteiger partial charge in [0.15, 0.2) is 0 Å². The molecule has 136 valence electrons. The molecular formula is C20H14Cl2N2O2S. The van der Waals surface area contributed by atoms with E-state index in [-0.39, 0.29) is 16.1 Å². The van der Waals surface area contributed by atoms with Crippen LogP contribution in [0, 0.1) is 0 Å². The first-order valence-corrected chi connectivity index (χ1v) is 9.85. The topological polar surface area (TPSA) is 51.2 Å². The predicted octanol–water partition coefficient (Wildman–Crippen LogP) is 6.41. The minimum Gasteiger partial charge on any atom is -0.492 e. The first kappa shape index (κ1) is 18.0. The monoisotopic (exact) mass is 416 g/mol. The van der Waals surface area contributed by atoms with Crippen molar-refractivity contribution in [2.75, 3.05) is 11.9 Å². The molecule has 4 rings (SSSR count). The third-order valence-corrected chi connectivity index (χ3v) is 6.08. The van der Waals surface area contributed by atoms with Gasteiger partial charge in [-0.1, -0.05) is 41.4 Å². The number of pyridine rings is 1. The normalized spacial score (nSPS) is 11.1. The van der Waals surface area contributed by atoms with Crippen molar-refractivity contribution in [2.45, 2.75) is 6.92 Å². The van der Waals surface area contributed by atoms with E-state index < -0.39 is 0 Å². The van der Waals surface area contributed by atoms with Crippen LogP contribution in [0.3, 0.4) is 0 Å². The van der Waals surface area contributed by atoms with Gasteiger partial charge in [0, 0.05) is 27.2 Å². The molecule has 2 heterocycles. The first-order chi connectivity index (χ1) is 13.1. The largest absolute Gasteiger partial charge is 0.492 e. The van der Waals surface area contributed by atoms with Crippen molar-refractivity contribution in [2.24, 2.45) is 0 Å². The second kappa shape index (κ2) is 7.35. The summed E-state index contributed by atoms with van der Waals surface area (Å²) in [6.45, 7) is 2.50. The minimum atomic E-state index is -0.268. The quantitative estimate of drug-likeness (QED) is 0.391. The summed E-state index contributed by atoms with van der Waals surface area (Å²) in [7, 11) is 0. The van der Waals surface area contributed by atoms with Gasteiger partial charge in [0.1, 0.15) is 15.9 Å². The van der Waals surface area contributed by atoms with E-state index in [1.807, 2.05) is 37.3 Å². The fourth-order valence-electron chi connectivity index (χ4n) is 2.97. The van der Waals surface area contributed by atoms with Crippen LogP contribution in [0.5, 0.6) is 5.75 Å². The molecule has 7 heteroatoms. The van der Waals surface area contributed by atoms with Crippen molar-refractivity contribution < 1.29 is 9.53 Å². The Morgan fingerprint density at radius 1 is 1.19 bits per heavy atom. The molecule has 0 saturated carbocycles. The van der Waals surface area contributed by atoms with Gasteiger partial charge < -0.3 is 10.1 Å². The van der Waals surface area contributed by atoms with Crippen LogP contribution in [-0.4, -0.2) is 17.5 Å². The molecule has 0 unspecified atom stereocenters. The number of nitrogens with one attached hydrogen (secondary N) is 1. The maximum Gasteiger partial charge on any atom is 0.256 e. The summed E-state index contributed by atoms with van der Waals surface area (Å²) >= 11 is 13.7. The van der Waals surface area contributed by atoms with Gasteiger partial charge in [0.25, 0.3) is 5.91 Å². The number of carbonyl (C=O) groups is 1. The highest BCUT2D eigenvalue weighted by molar-refractivity contribution is 7.26. The molecule has 0 aliphatic rings. The van der Waals surface area contributed by atoms with Crippen LogP contribution in [0.25, 0.3) is 20.2 Å². The van der Waals surface area contributed by atoms with Crippen molar-refractivity contribution in [1.82, 2.24) is 4.98 Å². The number of fused-ring (bicyclic) bond motifs is 3. The summed E-state index contributed by atoms with van der Waals surface area (Å²) in [6.07, 6.45) is 1.50. The molecule has 0 fully saturated rings. The molecule has 1 N–H and O–H groups in total. The Hall–Kier alpha value is -2.34. The number of hydrogen-bond donors (Lipinski definition) is 1. The van der Waals surface area contributed by atoms with Crippen LogP contribution in [0.4, 0.5) is 5.69 Å². The molecule has 0 atom stereocenters. The van der Waals surface area contributed by atoms with Gasteiger partial charge in [0.2, 0.25) is 0 Å². The van der Waals surface area contributed by atoms with Crippen LogP contribution < -0.4 is 10.1 Å². The Morgan fingerprint density at radius 2 is 2.00 bits per heavy atom. The lowest BCUT2D eigenvalue weighted by atomic mass is 10.0. The van der Waals surface area contributed by atoms with E-state index in [9.17, 15) is 4.79 Å². The highest BCUT2D eigenvalue weighted by Gasteiger charge is 2.19. The molecule has 0 spiro atoms. The zero-order chi connectivity index (χ0) is 19.0. The van der Waals surface area contributed by atoms with Gasteiger partial charge in [0.05, 0.1) is 17.0 Å². The molecule has 0 saturated heterocycles. The van der Waals surface area contributed by atoms with Crippen LogP contribution in [-0.2, 0) is 0 Å². The number of nitrogens with zero attached hydrogens (tertiary/aromatic N) is 1. The lowest BCUT2D eigenvalue weighted by Gasteiger charge is -2.11. The summed E-state index contributed by atoms with van der Waals surface area (Å²) in [5.74, 6) is 0.506. The summed E-state index contributed by atoms with van der Waals surface area (Å²) < 4.78 is 7.81. The Balaban J connectivity index is 1.87. The Labute approximate surface area is 169 Å². The fourth-order valence-corrected chi connectivity index (χ4v) is 4.48. The van der Waals surface area contributed by atoms with E-state index in [1.165, 1.54) is 6.20 Å². The summed E-state index contributed by atoms with van der Waals surface area (Å²) in [5.41, 5.74) is 0.971. The zero-order valence-electron chi connectivity index (χ0n) is 14.3. The average molecular weight is 417 g/mol. The smallest absolute Gasteiger partial charge is 0.256 e. The van der Waals surface area contributed by atoms with Crippen molar-refractivity contribution in [1.29, 1.82) is 0 Å². The van der Waals surface area contributed by atoms with Crippen molar-refractivity contribution in [3.8, 4) is 5.75 Å². The third-order valence-electron chi connectivity index (χ3n) is 4.13. The lowest BCUT2D eigenvalue weighted by Crippen LogP contribution is -2.13. The molecule has 4 nitrogen and oxygen atoms in total. The number of carbonyl (C=O) groups excluding carboxylic acids is 1. The maximum atomic E-state index is 13.0. The van der Waals surface area contributed by atoms with Gasteiger partial charge in [-0.05, 0) is 31.2 Å². The molecule has 2 aromatic heterocycles. The number of hydrogen-bond acceptors (Lipinski definition) is 4. The number of benzene rings is 2. The Bertz CT molecular complexity index is 1170. The van der Waals surface area contributed by atoms with E-state index in [2.05, 4.69) is 10.3 Å². The van der Waals surface area contributed by atoms with Crippen molar-refractivity contribution in [3.63, 3.8) is 0 Å². The summed E-state index contributed by atoms with van der Waals surface area (Å²) in [6, 6.07) is 13.2. The number of halogens is 2. The van der Waals surface area contributed by atoms with Crippen LogP contribution >= 0.6 is 34.5 Å². The van der Waals surface area contributed by atoms with Gasteiger partial charge in [-0.15, -0.1) is 11.3 Å². The molecule has 0 aliphatic heterocycles. The molecule has 0 bridgehead atoms. The van der Waals surface area contributed by atoms with Crippen LogP contribution in [0.2, 0.25) is 10.2 Å². The second-order valence-corrected chi connectivity index (χ2v) is 7.55. The van der Waals surface area contributed by atoms with E-state index in [4.69, 9.17) is 27.9 Å².